The van der Waals surface area contributed by atoms with Crippen molar-refractivity contribution in [2.24, 2.45) is 0 Å². The van der Waals surface area contributed by atoms with Crippen LogP contribution in [0.4, 0.5) is 8.78 Å². The highest BCUT2D eigenvalue weighted by atomic mass is 35.5. The Morgan fingerprint density at radius 1 is 1.17 bits per heavy atom. The van der Waals surface area contributed by atoms with Gasteiger partial charge in [-0.05, 0) is 18.6 Å². The summed E-state index contributed by atoms with van der Waals surface area (Å²) in [4.78, 5) is 7.79. The van der Waals surface area contributed by atoms with Crippen LogP contribution < -0.4 is 0 Å². The van der Waals surface area contributed by atoms with E-state index in [1.807, 2.05) is 6.92 Å². The minimum Gasteiger partial charge on any atom is -0.264 e. The molecule has 3 aromatic rings. The van der Waals surface area contributed by atoms with E-state index in [4.69, 9.17) is 11.6 Å². The van der Waals surface area contributed by atoms with Gasteiger partial charge in [0.05, 0.1) is 12.7 Å². The summed E-state index contributed by atoms with van der Waals surface area (Å²) >= 11 is 5.68. The smallest absolute Gasteiger partial charge is 0.181 e. The van der Waals surface area contributed by atoms with E-state index in [1.54, 1.807) is 28.9 Å². The Kier molecular flexibility index (Phi) is 4.34. The topological polar surface area (TPSA) is 43.6 Å². The van der Waals surface area contributed by atoms with Crippen LogP contribution in [0.15, 0.2) is 36.5 Å². The van der Waals surface area contributed by atoms with Crippen LogP contribution in [0.3, 0.4) is 0 Å². The number of hydrogen-bond donors (Lipinski definition) is 0. The molecular weight excluding hydrogens is 322 g/mol. The van der Waals surface area contributed by atoms with Gasteiger partial charge >= 0.3 is 0 Å². The van der Waals surface area contributed by atoms with E-state index in [0.29, 0.717) is 24.2 Å². The van der Waals surface area contributed by atoms with E-state index in [0.717, 1.165) is 11.9 Å². The summed E-state index contributed by atoms with van der Waals surface area (Å²) < 4.78 is 28.7. The summed E-state index contributed by atoms with van der Waals surface area (Å²) in [6, 6.07) is 8.33. The highest BCUT2D eigenvalue weighted by Crippen LogP contribution is 2.20. The SMILES string of the molecule is CCc1cc(-c2ncc(F)c(Cl)n2)nn1Cc1ccccc1F. The molecule has 1 aromatic carbocycles. The zero-order chi connectivity index (χ0) is 16.4. The molecule has 2 heterocycles. The highest BCUT2D eigenvalue weighted by molar-refractivity contribution is 6.29. The van der Waals surface area contributed by atoms with Crippen molar-refractivity contribution in [3.8, 4) is 11.5 Å². The lowest BCUT2D eigenvalue weighted by molar-refractivity contribution is 0.576. The molecule has 0 amide bonds. The summed E-state index contributed by atoms with van der Waals surface area (Å²) in [7, 11) is 0. The normalized spacial score (nSPS) is 11.0. The minimum atomic E-state index is -0.683. The summed E-state index contributed by atoms with van der Waals surface area (Å²) in [5.74, 6) is -0.733. The Labute approximate surface area is 136 Å². The van der Waals surface area contributed by atoms with Crippen LogP contribution in [0.2, 0.25) is 5.15 Å². The molecule has 0 atom stereocenters. The molecule has 118 valence electrons. The second kappa shape index (κ2) is 6.42. The fourth-order valence-electron chi connectivity index (χ4n) is 2.24. The molecule has 0 aliphatic heterocycles. The Morgan fingerprint density at radius 2 is 1.96 bits per heavy atom. The first-order valence-electron chi connectivity index (χ1n) is 7.07. The van der Waals surface area contributed by atoms with Crippen molar-refractivity contribution < 1.29 is 8.78 Å². The van der Waals surface area contributed by atoms with Gasteiger partial charge in [0.1, 0.15) is 11.5 Å². The number of benzene rings is 1. The number of aromatic nitrogens is 4. The van der Waals surface area contributed by atoms with E-state index < -0.39 is 5.82 Å². The Morgan fingerprint density at radius 3 is 2.65 bits per heavy atom. The van der Waals surface area contributed by atoms with Crippen molar-refractivity contribution in [3.05, 3.63) is 64.6 Å². The molecule has 0 N–H and O–H groups in total. The maximum atomic E-state index is 13.8. The first kappa shape index (κ1) is 15.6. The molecule has 0 aliphatic carbocycles. The second-order valence-corrected chi connectivity index (χ2v) is 5.31. The first-order valence-corrected chi connectivity index (χ1v) is 7.44. The van der Waals surface area contributed by atoms with E-state index in [2.05, 4.69) is 15.1 Å². The third-order valence-corrected chi connectivity index (χ3v) is 3.70. The lowest BCUT2D eigenvalue weighted by atomic mass is 10.2. The summed E-state index contributed by atoms with van der Waals surface area (Å²) in [5.41, 5.74) is 1.90. The van der Waals surface area contributed by atoms with Gasteiger partial charge < -0.3 is 0 Å². The highest BCUT2D eigenvalue weighted by Gasteiger charge is 2.14. The van der Waals surface area contributed by atoms with Crippen molar-refractivity contribution in [3.63, 3.8) is 0 Å². The molecule has 0 bridgehead atoms. The van der Waals surface area contributed by atoms with Crippen LogP contribution >= 0.6 is 11.6 Å². The zero-order valence-corrected chi connectivity index (χ0v) is 13.1. The van der Waals surface area contributed by atoms with Crippen LogP contribution in [-0.2, 0) is 13.0 Å². The van der Waals surface area contributed by atoms with Crippen molar-refractivity contribution >= 4 is 11.6 Å². The number of nitrogens with zero attached hydrogens (tertiary/aromatic N) is 4. The predicted octanol–water partition coefficient (Wildman–Crippen LogP) is 3.88. The summed E-state index contributed by atoms with van der Waals surface area (Å²) in [5, 5.41) is 4.15. The molecule has 23 heavy (non-hydrogen) atoms. The van der Waals surface area contributed by atoms with Gasteiger partial charge in [0, 0.05) is 11.3 Å². The Hall–Kier alpha value is -2.34. The van der Waals surface area contributed by atoms with E-state index in [-0.39, 0.29) is 16.8 Å². The molecule has 3 rings (SSSR count). The second-order valence-electron chi connectivity index (χ2n) is 4.96. The van der Waals surface area contributed by atoms with Crippen LogP contribution in [0.1, 0.15) is 18.2 Å². The monoisotopic (exact) mass is 334 g/mol. The van der Waals surface area contributed by atoms with Crippen molar-refractivity contribution in [1.82, 2.24) is 19.7 Å². The van der Waals surface area contributed by atoms with Gasteiger partial charge in [0.25, 0.3) is 0 Å². The zero-order valence-electron chi connectivity index (χ0n) is 12.3. The maximum absolute atomic E-state index is 13.8. The van der Waals surface area contributed by atoms with Crippen LogP contribution in [-0.4, -0.2) is 19.7 Å². The van der Waals surface area contributed by atoms with Crippen molar-refractivity contribution in [2.45, 2.75) is 19.9 Å². The van der Waals surface area contributed by atoms with E-state index >= 15 is 0 Å². The molecule has 0 fully saturated rings. The average molecular weight is 335 g/mol. The molecule has 0 saturated carbocycles. The number of rotatable bonds is 4. The maximum Gasteiger partial charge on any atom is 0.181 e. The molecule has 4 nitrogen and oxygen atoms in total. The average Bonchev–Trinajstić information content (AvgIpc) is 2.95. The largest absolute Gasteiger partial charge is 0.264 e. The number of hydrogen-bond acceptors (Lipinski definition) is 3. The van der Waals surface area contributed by atoms with E-state index in [9.17, 15) is 8.78 Å². The Balaban J connectivity index is 1.97. The predicted molar refractivity (Wildman–Crippen MR) is 83.1 cm³/mol. The van der Waals surface area contributed by atoms with Gasteiger partial charge in [-0.25, -0.2) is 18.7 Å². The van der Waals surface area contributed by atoms with Crippen molar-refractivity contribution in [2.75, 3.05) is 0 Å². The third-order valence-electron chi connectivity index (χ3n) is 3.43. The van der Waals surface area contributed by atoms with E-state index in [1.165, 1.54) is 6.07 Å². The van der Waals surface area contributed by atoms with Crippen LogP contribution in [0.25, 0.3) is 11.5 Å². The number of aryl methyl sites for hydroxylation is 1. The Bertz CT molecular complexity index is 848. The van der Waals surface area contributed by atoms with Crippen LogP contribution in [0.5, 0.6) is 0 Å². The fraction of sp³-hybridized carbons (Fsp3) is 0.188. The molecule has 0 saturated heterocycles. The minimum absolute atomic E-state index is 0.235. The van der Waals surface area contributed by atoms with Crippen molar-refractivity contribution in [1.29, 1.82) is 0 Å². The standard InChI is InChI=1S/C16H13ClF2N4/c1-2-11-7-14(16-20-8-13(19)15(17)21-16)22-23(11)9-10-5-3-4-6-12(10)18/h3-8H,2,9H2,1H3. The van der Waals surface area contributed by atoms with Gasteiger partial charge in [-0.3, -0.25) is 4.68 Å². The molecule has 0 spiro atoms. The lowest BCUT2D eigenvalue weighted by Gasteiger charge is -2.06. The molecule has 0 aliphatic rings. The number of halogens is 3. The molecule has 2 aromatic heterocycles. The van der Waals surface area contributed by atoms with Gasteiger partial charge in [-0.2, -0.15) is 5.10 Å². The molecular formula is C16H13ClF2N4. The fourth-order valence-corrected chi connectivity index (χ4v) is 2.37. The quantitative estimate of drug-likeness (QED) is 0.680. The molecule has 7 heteroatoms. The van der Waals surface area contributed by atoms with Gasteiger partial charge in [-0.15, -0.1) is 0 Å². The molecule has 0 radical (unpaired) electrons. The summed E-state index contributed by atoms with van der Waals surface area (Å²) in [6.45, 7) is 2.27. The van der Waals surface area contributed by atoms with Gasteiger partial charge in [0.15, 0.2) is 16.8 Å². The lowest BCUT2D eigenvalue weighted by Crippen LogP contribution is -2.07. The van der Waals surface area contributed by atoms with Gasteiger partial charge in [0.2, 0.25) is 0 Å². The summed E-state index contributed by atoms with van der Waals surface area (Å²) in [6.07, 6.45) is 1.71. The van der Waals surface area contributed by atoms with Gasteiger partial charge in [-0.1, -0.05) is 36.7 Å². The van der Waals surface area contributed by atoms with Crippen LogP contribution in [0, 0.1) is 11.6 Å². The molecule has 0 unspecified atom stereocenters. The first-order chi connectivity index (χ1) is 11.1. The third kappa shape index (κ3) is 3.22.